The monoisotopic (exact) mass is 278 g/mol. The predicted octanol–water partition coefficient (Wildman–Crippen LogP) is 2.07. The van der Waals surface area contributed by atoms with Crippen LogP contribution < -0.4 is 15.5 Å². The van der Waals surface area contributed by atoms with Gasteiger partial charge < -0.3 is 15.5 Å². The average Bonchev–Trinajstić information content (AvgIpc) is 2.48. The zero-order chi connectivity index (χ0) is 14.5. The van der Waals surface area contributed by atoms with Crippen LogP contribution in [0.3, 0.4) is 0 Å². The third-order valence-electron chi connectivity index (χ3n) is 3.99. The molecule has 0 saturated carbocycles. The fraction of sp³-hybridized carbons (Fsp3) is 0.786. The highest BCUT2D eigenvalue weighted by molar-refractivity contribution is 5.44. The SMILES string of the molecule is CCC(C)N(CC)c1nc(N)nc(N2CCCCC2)n1. The molecule has 1 aromatic rings. The second kappa shape index (κ2) is 6.72. The molecule has 1 atom stereocenters. The molecule has 2 heterocycles. The van der Waals surface area contributed by atoms with Gasteiger partial charge in [-0.15, -0.1) is 0 Å². The van der Waals surface area contributed by atoms with Gasteiger partial charge in [0.1, 0.15) is 0 Å². The molecule has 0 aromatic carbocycles. The van der Waals surface area contributed by atoms with Crippen molar-refractivity contribution < 1.29 is 0 Å². The van der Waals surface area contributed by atoms with Gasteiger partial charge in [0.05, 0.1) is 0 Å². The lowest BCUT2D eigenvalue weighted by atomic mass is 10.1. The van der Waals surface area contributed by atoms with Crippen LogP contribution in [0, 0.1) is 0 Å². The van der Waals surface area contributed by atoms with Gasteiger partial charge in [-0.1, -0.05) is 6.92 Å². The summed E-state index contributed by atoms with van der Waals surface area (Å²) in [5.41, 5.74) is 5.88. The summed E-state index contributed by atoms with van der Waals surface area (Å²) in [5, 5.41) is 0. The van der Waals surface area contributed by atoms with Crippen molar-refractivity contribution in [3.63, 3.8) is 0 Å². The van der Waals surface area contributed by atoms with E-state index < -0.39 is 0 Å². The zero-order valence-electron chi connectivity index (χ0n) is 12.8. The highest BCUT2D eigenvalue weighted by atomic mass is 15.4. The van der Waals surface area contributed by atoms with Gasteiger partial charge in [-0.25, -0.2) is 0 Å². The molecule has 0 aliphatic carbocycles. The molecule has 0 spiro atoms. The first-order valence-electron chi connectivity index (χ1n) is 7.68. The van der Waals surface area contributed by atoms with Crippen molar-refractivity contribution in [1.29, 1.82) is 0 Å². The van der Waals surface area contributed by atoms with Crippen molar-refractivity contribution in [2.45, 2.75) is 52.5 Å². The fourth-order valence-electron chi connectivity index (χ4n) is 2.60. The Morgan fingerprint density at radius 1 is 1.15 bits per heavy atom. The quantitative estimate of drug-likeness (QED) is 0.889. The van der Waals surface area contributed by atoms with E-state index in [1.807, 2.05) is 0 Å². The summed E-state index contributed by atoms with van der Waals surface area (Å²) in [6, 6.07) is 0.399. The third kappa shape index (κ3) is 3.29. The molecule has 112 valence electrons. The molecule has 1 unspecified atom stereocenters. The number of nitrogens with two attached hydrogens (primary N) is 1. The number of aromatic nitrogens is 3. The van der Waals surface area contributed by atoms with Crippen LogP contribution in [0.1, 0.15) is 46.5 Å². The Labute approximate surface area is 121 Å². The molecule has 0 bridgehead atoms. The number of nitrogen functional groups attached to an aromatic ring is 1. The van der Waals surface area contributed by atoms with Crippen molar-refractivity contribution in [3.8, 4) is 0 Å². The van der Waals surface area contributed by atoms with Crippen LogP contribution in [0.2, 0.25) is 0 Å². The van der Waals surface area contributed by atoms with Gasteiger partial charge in [-0.2, -0.15) is 15.0 Å². The van der Waals surface area contributed by atoms with Crippen LogP contribution >= 0.6 is 0 Å². The van der Waals surface area contributed by atoms with Gasteiger partial charge in [0, 0.05) is 25.7 Å². The molecule has 6 nitrogen and oxygen atoms in total. The van der Waals surface area contributed by atoms with Crippen molar-refractivity contribution in [3.05, 3.63) is 0 Å². The van der Waals surface area contributed by atoms with E-state index in [1.54, 1.807) is 0 Å². The lowest BCUT2D eigenvalue weighted by Crippen LogP contribution is -2.36. The summed E-state index contributed by atoms with van der Waals surface area (Å²) in [4.78, 5) is 17.7. The summed E-state index contributed by atoms with van der Waals surface area (Å²) < 4.78 is 0. The third-order valence-corrected chi connectivity index (χ3v) is 3.99. The molecule has 1 aliphatic rings. The van der Waals surface area contributed by atoms with Crippen LogP contribution in [-0.2, 0) is 0 Å². The topological polar surface area (TPSA) is 71.2 Å². The van der Waals surface area contributed by atoms with E-state index in [0.29, 0.717) is 17.9 Å². The molecular formula is C14H26N6. The van der Waals surface area contributed by atoms with Gasteiger partial charge in [-0.05, 0) is 39.5 Å². The van der Waals surface area contributed by atoms with E-state index in [0.717, 1.165) is 32.0 Å². The van der Waals surface area contributed by atoms with E-state index in [4.69, 9.17) is 5.73 Å². The van der Waals surface area contributed by atoms with Crippen LogP contribution in [0.4, 0.5) is 17.8 Å². The Kier molecular flexibility index (Phi) is 4.98. The lowest BCUT2D eigenvalue weighted by molar-refractivity contribution is 0.564. The maximum Gasteiger partial charge on any atom is 0.232 e. The smallest absolute Gasteiger partial charge is 0.232 e. The second-order valence-electron chi connectivity index (χ2n) is 5.38. The fourth-order valence-corrected chi connectivity index (χ4v) is 2.60. The highest BCUT2D eigenvalue weighted by Crippen LogP contribution is 2.20. The van der Waals surface area contributed by atoms with Crippen LogP contribution in [0.25, 0.3) is 0 Å². The van der Waals surface area contributed by atoms with Gasteiger partial charge in [0.25, 0.3) is 0 Å². The maximum atomic E-state index is 5.88. The predicted molar refractivity (Wildman–Crippen MR) is 83.1 cm³/mol. The number of piperidine rings is 1. The van der Waals surface area contributed by atoms with E-state index in [-0.39, 0.29) is 0 Å². The minimum absolute atomic E-state index is 0.317. The van der Waals surface area contributed by atoms with Gasteiger partial charge >= 0.3 is 0 Å². The highest BCUT2D eigenvalue weighted by Gasteiger charge is 2.19. The molecule has 2 rings (SSSR count). The Morgan fingerprint density at radius 3 is 2.45 bits per heavy atom. The van der Waals surface area contributed by atoms with E-state index in [1.165, 1.54) is 19.3 Å². The molecule has 1 fully saturated rings. The summed E-state index contributed by atoms with van der Waals surface area (Å²) in [6.45, 7) is 9.37. The number of nitrogens with zero attached hydrogens (tertiary/aromatic N) is 5. The number of rotatable bonds is 5. The minimum Gasteiger partial charge on any atom is -0.368 e. The lowest BCUT2D eigenvalue weighted by Gasteiger charge is -2.30. The molecule has 1 aromatic heterocycles. The maximum absolute atomic E-state index is 5.88. The van der Waals surface area contributed by atoms with E-state index >= 15 is 0 Å². The molecule has 20 heavy (non-hydrogen) atoms. The summed E-state index contributed by atoms with van der Waals surface area (Å²) >= 11 is 0. The first-order chi connectivity index (χ1) is 9.65. The first-order valence-corrected chi connectivity index (χ1v) is 7.68. The molecule has 2 N–H and O–H groups in total. The molecule has 1 saturated heterocycles. The number of anilines is 3. The van der Waals surface area contributed by atoms with Crippen molar-refractivity contribution in [1.82, 2.24) is 15.0 Å². The molecular weight excluding hydrogens is 252 g/mol. The van der Waals surface area contributed by atoms with Crippen molar-refractivity contribution >= 4 is 17.8 Å². The molecule has 0 amide bonds. The molecule has 6 heteroatoms. The standard InChI is InChI=1S/C14H26N6/c1-4-11(3)20(5-2)14-17-12(15)16-13(18-14)19-9-7-6-8-10-19/h11H,4-10H2,1-3H3,(H2,15,16,17,18). The Balaban J connectivity index is 2.27. The summed E-state index contributed by atoms with van der Waals surface area (Å²) in [7, 11) is 0. The van der Waals surface area contributed by atoms with Crippen LogP contribution in [-0.4, -0.2) is 40.6 Å². The van der Waals surface area contributed by atoms with Gasteiger partial charge in [0.15, 0.2) is 0 Å². The first kappa shape index (κ1) is 14.8. The van der Waals surface area contributed by atoms with Crippen molar-refractivity contribution in [2.75, 3.05) is 35.2 Å². The van der Waals surface area contributed by atoms with E-state index in [9.17, 15) is 0 Å². The number of hydrogen-bond donors (Lipinski definition) is 1. The number of hydrogen-bond acceptors (Lipinski definition) is 6. The zero-order valence-corrected chi connectivity index (χ0v) is 12.8. The minimum atomic E-state index is 0.317. The Bertz CT molecular complexity index is 430. The second-order valence-corrected chi connectivity index (χ2v) is 5.38. The average molecular weight is 278 g/mol. The summed E-state index contributed by atoms with van der Waals surface area (Å²) in [5.74, 6) is 1.75. The van der Waals surface area contributed by atoms with Crippen LogP contribution in [0.15, 0.2) is 0 Å². The van der Waals surface area contributed by atoms with Gasteiger partial charge in [0.2, 0.25) is 17.8 Å². The summed E-state index contributed by atoms with van der Waals surface area (Å²) in [6.07, 6.45) is 4.74. The van der Waals surface area contributed by atoms with E-state index in [2.05, 4.69) is 45.5 Å². The Morgan fingerprint density at radius 2 is 1.85 bits per heavy atom. The largest absolute Gasteiger partial charge is 0.368 e. The van der Waals surface area contributed by atoms with Crippen molar-refractivity contribution in [2.24, 2.45) is 0 Å². The normalized spacial score (nSPS) is 17.1. The Hall–Kier alpha value is -1.59. The van der Waals surface area contributed by atoms with Gasteiger partial charge in [-0.3, -0.25) is 0 Å². The molecule has 0 radical (unpaired) electrons. The molecule has 1 aliphatic heterocycles. The van der Waals surface area contributed by atoms with Crippen LogP contribution in [0.5, 0.6) is 0 Å².